The fourth-order valence-corrected chi connectivity index (χ4v) is 2.04. The van der Waals surface area contributed by atoms with Gasteiger partial charge in [-0.15, -0.1) is 0 Å². The van der Waals surface area contributed by atoms with Gasteiger partial charge in [-0.25, -0.2) is 0 Å². The minimum absolute atomic E-state index is 0.1000. The normalized spacial score (nSPS) is 18.8. The zero-order valence-electron chi connectivity index (χ0n) is 11.9. The Hall–Kier alpha value is -0.160. The van der Waals surface area contributed by atoms with Crippen molar-refractivity contribution >= 4 is 0 Å². The second kappa shape index (κ2) is 8.86. The molecule has 0 aromatic heterocycles. The maximum atomic E-state index is 9.45. The van der Waals surface area contributed by atoms with Gasteiger partial charge >= 0.3 is 0 Å². The zero-order chi connectivity index (χ0) is 13.3. The van der Waals surface area contributed by atoms with E-state index in [4.69, 9.17) is 9.47 Å². The van der Waals surface area contributed by atoms with E-state index in [1.807, 2.05) is 0 Å². The number of rotatable bonds is 12. The average molecular weight is 259 g/mol. The third-order valence-corrected chi connectivity index (χ3v) is 3.38. The maximum Gasteiger partial charge on any atom is 0.0610 e. The highest BCUT2D eigenvalue weighted by Crippen LogP contribution is 2.24. The van der Waals surface area contributed by atoms with Crippen LogP contribution in [0.15, 0.2) is 0 Å². The first-order chi connectivity index (χ1) is 8.70. The largest absolute Gasteiger partial charge is 0.394 e. The minimum atomic E-state index is -0.1000. The molecule has 0 spiro atoms. The summed E-state index contributed by atoms with van der Waals surface area (Å²) < 4.78 is 10.5. The molecule has 1 rings (SSSR count). The molecule has 4 nitrogen and oxygen atoms in total. The van der Waals surface area contributed by atoms with Crippen molar-refractivity contribution in [3.05, 3.63) is 0 Å². The summed E-state index contributed by atoms with van der Waals surface area (Å²) in [7, 11) is 1.71. The van der Waals surface area contributed by atoms with Gasteiger partial charge in [0.1, 0.15) is 0 Å². The first kappa shape index (κ1) is 15.9. The molecule has 1 aliphatic rings. The smallest absolute Gasteiger partial charge is 0.0610 e. The second-order valence-corrected chi connectivity index (χ2v) is 5.55. The Balaban J connectivity index is 1.94. The lowest BCUT2D eigenvalue weighted by molar-refractivity contribution is 0.0967. The molecule has 0 saturated heterocycles. The van der Waals surface area contributed by atoms with Crippen molar-refractivity contribution in [1.82, 2.24) is 5.32 Å². The summed E-state index contributed by atoms with van der Waals surface area (Å²) in [4.78, 5) is 0. The molecule has 0 aliphatic heterocycles. The highest BCUT2D eigenvalue weighted by Gasteiger charge is 2.31. The number of methoxy groups -OCH3 is 1. The van der Waals surface area contributed by atoms with Crippen LogP contribution in [0, 0.1) is 0 Å². The summed E-state index contributed by atoms with van der Waals surface area (Å²) in [5.74, 6) is 0. The number of aliphatic hydroxyl groups excluding tert-OH is 1. The molecule has 0 bridgehead atoms. The van der Waals surface area contributed by atoms with E-state index < -0.39 is 0 Å². The van der Waals surface area contributed by atoms with Crippen molar-refractivity contribution in [1.29, 1.82) is 0 Å². The lowest BCUT2D eigenvalue weighted by Crippen LogP contribution is -2.46. The van der Waals surface area contributed by atoms with E-state index in [-0.39, 0.29) is 12.1 Å². The maximum absolute atomic E-state index is 9.45. The van der Waals surface area contributed by atoms with Crippen LogP contribution in [-0.2, 0) is 9.47 Å². The van der Waals surface area contributed by atoms with Gasteiger partial charge in [0.15, 0.2) is 0 Å². The molecule has 0 heterocycles. The number of hydrogen-bond donors (Lipinski definition) is 2. The molecular weight excluding hydrogens is 230 g/mol. The lowest BCUT2D eigenvalue weighted by atomic mass is 9.95. The van der Waals surface area contributed by atoms with Crippen LogP contribution in [0.2, 0.25) is 0 Å². The van der Waals surface area contributed by atoms with Crippen molar-refractivity contribution in [3.63, 3.8) is 0 Å². The summed E-state index contributed by atoms with van der Waals surface area (Å²) in [5.41, 5.74) is -0.1000. The number of unbranched alkanes of at least 4 members (excludes halogenated alkanes) is 1. The van der Waals surface area contributed by atoms with E-state index in [1.54, 1.807) is 7.11 Å². The highest BCUT2D eigenvalue weighted by molar-refractivity contribution is 4.92. The molecule has 4 heteroatoms. The second-order valence-electron chi connectivity index (χ2n) is 5.55. The Morgan fingerprint density at radius 3 is 2.50 bits per heavy atom. The standard InChI is InChI=1S/C14H29NO3/c1-14(12-16,15-13-6-7-13)8-3-4-10-18-11-5-9-17-2/h13,15-16H,3-12H2,1-2H3. The van der Waals surface area contributed by atoms with Gasteiger partial charge in [0.05, 0.1) is 6.61 Å². The Morgan fingerprint density at radius 2 is 1.89 bits per heavy atom. The Morgan fingerprint density at radius 1 is 1.17 bits per heavy atom. The van der Waals surface area contributed by atoms with Crippen LogP contribution in [0.1, 0.15) is 45.4 Å². The van der Waals surface area contributed by atoms with Crippen LogP contribution in [-0.4, -0.2) is 50.2 Å². The minimum Gasteiger partial charge on any atom is -0.394 e. The summed E-state index contributed by atoms with van der Waals surface area (Å²) >= 11 is 0. The van der Waals surface area contributed by atoms with E-state index in [1.165, 1.54) is 12.8 Å². The Labute approximate surface area is 111 Å². The van der Waals surface area contributed by atoms with Crippen molar-refractivity contribution in [3.8, 4) is 0 Å². The fourth-order valence-electron chi connectivity index (χ4n) is 2.04. The van der Waals surface area contributed by atoms with Gasteiger partial charge in [-0.1, -0.05) is 0 Å². The molecule has 2 N–H and O–H groups in total. The fraction of sp³-hybridized carbons (Fsp3) is 1.00. The third kappa shape index (κ3) is 7.31. The van der Waals surface area contributed by atoms with E-state index in [0.29, 0.717) is 6.04 Å². The Bertz CT molecular complexity index is 209. The third-order valence-electron chi connectivity index (χ3n) is 3.38. The van der Waals surface area contributed by atoms with Gasteiger partial charge in [-0.05, 0) is 45.4 Å². The Kier molecular flexibility index (Phi) is 7.82. The highest BCUT2D eigenvalue weighted by atomic mass is 16.5. The number of hydrogen-bond acceptors (Lipinski definition) is 4. The van der Waals surface area contributed by atoms with Gasteiger partial charge < -0.3 is 19.9 Å². The molecule has 0 aromatic carbocycles. The average Bonchev–Trinajstić information content (AvgIpc) is 3.16. The summed E-state index contributed by atoms with van der Waals surface area (Å²) in [6.45, 7) is 4.71. The predicted molar refractivity (Wildman–Crippen MR) is 72.8 cm³/mol. The van der Waals surface area contributed by atoms with Gasteiger partial charge in [0.25, 0.3) is 0 Å². The number of aliphatic hydroxyl groups is 1. The first-order valence-electron chi connectivity index (χ1n) is 7.15. The molecule has 1 fully saturated rings. The van der Waals surface area contributed by atoms with Crippen molar-refractivity contribution < 1.29 is 14.6 Å². The van der Waals surface area contributed by atoms with Crippen LogP contribution < -0.4 is 5.32 Å². The van der Waals surface area contributed by atoms with Crippen LogP contribution in [0.3, 0.4) is 0 Å². The van der Waals surface area contributed by atoms with Gasteiger partial charge in [-0.2, -0.15) is 0 Å². The van der Waals surface area contributed by atoms with E-state index in [2.05, 4.69) is 12.2 Å². The SMILES string of the molecule is COCCCOCCCCC(C)(CO)NC1CC1. The van der Waals surface area contributed by atoms with Crippen molar-refractivity contribution in [2.75, 3.05) is 33.5 Å². The lowest BCUT2D eigenvalue weighted by Gasteiger charge is -2.29. The topological polar surface area (TPSA) is 50.7 Å². The number of nitrogens with one attached hydrogen (secondary N) is 1. The monoisotopic (exact) mass is 259 g/mol. The number of ether oxygens (including phenoxy) is 2. The van der Waals surface area contributed by atoms with E-state index in [9.17, 15) is 5.11 Å². The van der Waals surface area contributed by atoms with E-state index in [0.717, 1.165) is 45.5 Å². The predicted octanol–water partition coefficient (Wildman–Crippen LogP) is 1.71. The summed E-state index contributed by atoms with van der Waals surface area (Å²) in [6, 6.07) is 0.646. The molecule has 0 radical (unpaired) electrons. The molecule has 0 aromatic rings. The first-order valence-corrected chi connectivity index (χ1v) is 7.15. The van der Waals surface area contributed by atoms with Crippen LogP contribution in [0.25, 0.3) is 0 Å². The molecule has 0 amide bonds. The van der Waals surface area contributed by atoms with Gasteiger partial charge in [0, 0.05) is 38.5 Å². The molecule has 18 heavy (non-hydrogen) atoms. The molecule has 1 unspecified atom stereocenters. The molecule has 1 saturated carbocycles. The van der Waals surface area contributed by atoms with Crippen LogP contribution in [0.4, 0.5) is 0 Å². The molecule has 108 valence electrons. The molecular formula is C14H29NO3. The van der Waals surface area contributed by atoms with Crippen LogP contribution >= 0.6 is 0 Å². The van der Waals surface area contributed by atoms with E-state index >= 15 is 0 Å². The summed E-state index contributed by atoms with van der Waals surface area (Å²) in [6.07, 6.45) is 6.67. The van der Waals surface area contributed by atoms with Crippen molar-refractivity contribution in [2.45, 2.75) is 57.0 Å². The van der Waals surface area contributed by atoms with Gasteiger partial charge in [-0.3, -0.25) is 0 Å². The van der Waals surface area contributed by atoms with Gasteiger partial charge in [0.2, 0.25) is 0 Å². The molecule has 1 aliphatic carbocycles. The quantitative estimate of drug-likeness (QED) is 0.524. The summed E-state index contributed by atoms with van der Waals surface area (Å²) in [5, 5.41) is 13.0. The van der Waals surface area contributed by atoms with Crippen molar-refractivity contribution in [2.24, 2.45) is 0 Å². The van der Waals surface area contributed by atoms with Crippen LogP contribution in [0.5, 0.6) is 0 Å². The zero-order valence-corrected chi connectivity index (χ0v) is 11.9. The molecule has 1 atom stereocenters.